The van der Waals surface area contributed by atoms with Crippen molar-refractivity contribution >= 4 is 0 Å². The minimum absolute atomic E-state index is 0.322. The number of para-hydroxylation sites is 3. The number of hydrogen-bond donors (Lipinski definition) is 3. The highest BCUT2D eigenvalue weighted by atomic mass is 16.3. The van der Waals surface area contributed by atoms with Crippen LogP contribution in [0.5, 0.6) is 17.2 Å². The third-order valence-electron chi connectivity index (χ3n) is 4.54. The zero-order valence-corrected chi connectivity index (χ0v) is 21.0. The van der Waals surface area contributed by atoms with Crippen LogP contribution in [0.1, 0.15) is 33.3 Å². The number of benzene rings is 4. The molecule has 0 aromatic heterocycles. The first kappa shape index (κ1) is 30.3. The zero-order valence-electron chi connectivity index (χ0n) is 21.0. The normalized spacial score (nSPS) is 9.03. The van der Waals surface area contributed by atoms with E-state index in [4.69, 9.17) is 15.3 Å². The first-order valence-corrected chi connectivity index (χ1v) is 11.5. The van der Waals surface area contributed by atoms with Crippen molar-refractivity contribution in [3.8, 4) is 17.2 Å². The van der Waals surface area contributed by atoms with Crippen LogP contribution >= 0.6 is 0 Å². The fourth-order valence-electron chi connectivity index (χ4n) is 1.82. The summed E-state index contributed by atoms with van der Waals surface area (Å²) in [6, 6.07) is 36.4. The lowest BCUT2D eigenvalue weighted by Gasteiger charge is -2.05. The van der Waals surface area contributed by atoms with Crippen LogP contribution in [0, 0.1) is 18.8 Å². The van der Waals surface area contributed by atoms with Crippen molar-refractivity contribution in [1.29, 1.82) is 0 Å². The topological polar surface area (TPSA) is 60.7 Å². The van der Waals surface area contributed by atoms with E-state index in [1.54, 1.807) is 72.8 Å². The van der Waals surface area contributed by atoms with E-state index in [-0.39, 0.29) is 0 Å². The smallest absolute Gasteiger partial charge is 0.115 e. The van der Waals surface area contributed by atoms with Crippen LogP contribution in [-0.2, 0) is 0 Å². The summed E-state index contributed by atoms with van der Waals surface area (Å²) in [4.78, 5) is 0. The van der Waals surface area contributed by atoms with E-state index in [1.807, 2.05) is 36.4 Å². The minimum atomic E-state index is 0.322. The van der Waals surface area contributed by atoms with E-state index in [2.05, 4.69) is 46.8 Å². The quantitative estimate of drug-likeness (QED) is 0.267. The van der Waals surface area contributed by atoms with Crippen LogP contribution in [0.3, 0.4) is 0 Å². The van der Waals surface area contributed by atoms with E-state index in [0.717, 1.165) is 11.8 Å². The monoisotopic (exact) mass is 460 g/mol. The lowest BCUT2D eigenvalue weighted by molar-refractivity contribution is 0.457. The van der Waals surface area contributed by atoms with Crippen molar-refractivity contribution in [1.82, 2.24) is 0 Å². The summed E-state index contributed by atoms with van der Waals surface area (Å²) in [5.41, 5.74) is 1.32. The van der Waals surface area contributed by atoms with Gasteiger partial charge < -0.3 is 15.3 Å². The van der Waals surface area contributed by atoms with Gasteiger partial charge in [-0.05, 0) is 55.2 Å². The predicted octanol–water partition coefficient (Wildman–Crippen LogP) is 8.47. The SMILES string of the molecule is CC(C)C(C)C.Cc1ccccc1.Oc1ccccc1.Oc1ccccc1.Oc1ccccc1. The molecule has 4 aromatic rings. The molecule has 3 heteroatoms. The number of phenolic OH excluding ortho intramolecular Hbond substituents is 3. The number of rotatable bonds is 1. The molecule has 34 heavy (non-hydrogen) atoms. The summed E-state index contributed by atoms with van der Waals surface area (Å²) in [5, 5.41) is 25.9. The Balaban J connectivity index is 0.000000401. The summed E-state index contributed by atoms with van der Waals surface area (Å²) in [6.45, 7) is 11.0. The average molecular weight is 461 g/mol. The maximum absolute atomic E-state index is 8.63. The maximum Gasteiger partial charge on any atom is 0.115 e. The second kappa shape index (κ2) is 19.9. The molecule has 0 aliphatic heterocycles. The highest BCUT2D eigenvalue weighted by Gasteiger charge is 1.95. The van der Waals surface area contributed by atoms with Crippen molar-refractivity contribution in [3.63, 3.8) is 0 Å². The molecule has 0 bridgehead atoms. The van der Waals surface area contributed by atoms with E-state index in [0.29, 0.717) is 17.2 Å². The molecule has 0 amide bonds. The van der Waals surface area contributed by atoms with Crippen LogP contribution in [0.15, 0.2) is 121 Å². The fraction of sp³-hybridized carbons (Fsp3) is 0.226. The molecule has 0 fully saturated rings. The molecule has 0 spiro atoms. The number of phenols is 3. The maximum atomic E-state index is 8.63. The lowest BCUT2D eigenvalue weighted by atomic mass is 10.0. The molecule has 4 aromatic carbocycles. The minimum Gasteiger partial charge on any atom is -0.508 e. The summed E-state index contributed by atoms with van der Waals surface area (Å²) in [6.07, 6.45) is 0. The van der Waals surface area contributed by atoms with Crippen LogP contribution in [-0.4, -0.2) is 15.3 Å². The van der Waals surface area contributed by atoms with Crippen molar-refractivity contribution in [3.05, 3.63) is 127 Å². The van der Waals surface area contributed by atoms with Gasteiger partial charge in [0.2, 0.25) is 0 Å². The lowest BCUT2D eigenvalue weighted by Crippen LogP contribution is -1.95. The Labute approximate surface area is 206 Å². The number of hydrogen-bond acceptors (Lipinski definition) is 3. The van der Waals surface area contributed by atoms with Gasteiger partial charge in [-0.3, -0.25) is 0 Å². The van der Waals surface area contributed by atoms with Crippen molar-refractivity contribution in [2.45, 2.75) is 34.6 Å². The molecule has 0 heterocycles. The van der Waals surface area contributed by atoms with Gasteiger partial charge in [-0.25, -0.2) is 0 Å². The Kier molecular flexibility index (Phi) is 17.7. The van der Waals surface area contributed by atoms with Gasteiger partial charge in [0.05, 0.1) is 0 Å². The molecule has 0 atom stereocenters. The Morgan fingerprint density at radius 2 is 0.588 bits per heavy atom. The van der Waals surface area contributed by atoms with Gasteiger partial charge in [0, 0.05) is 0 Å². The molecule has 0 unspecified atom stereocenters. The molecule has 3 N–H and O–H groups in total. The van der Waals surface area contributed by atoms with Crippen LogP contribution in [0.25, 0.3) is 0 Å². The van der Waals surface area contributed by atoms with Gasteiger partial charge in [-0.1, -0.05) is 118 Å². The Morgan fingerprint density at radius 3 is 0.676 bits per heavy atom. The largest absolute Gasteiger partial charge is 0.508 e. The first-order valence-electron chi connectivity index (χ1n) is 11.5. The van der Waals surface area contributed by atoms with Crippen molar-refractivity contribution < 1.29 is 15.3 Å². The fourth-order valence-corrected chi connectivity index (χ4v) is 1.82. The predicted molar refractivity (Wildman–Crippen MR) is 145 cm³/mol. The highest BCUT2D eigenvalue weighted by molar-refractivity contribution is 5.19. The summed E-state index contributed by atoms with van der Waals surface area (Å²) in [7, 11) is 0. The Hall–Kier alpha value is -3.72. The van der Waals surface area contributed by atoms with Crippen LogP contribution in [0.2, 0.25) is 0 Å². The molecule has 4 rings (SSSR count). The third-order valence-corrected chi connectivity index (χ3v) is 4.54. The van der Waals surface area contributed by atoms with E-state index in [1.165, 1.54) is 5.56 Å². The van der Waals surface area contributed by atoms with Crippen molar-refractivity contribution in [2.24, 2.45) is 11.8 Å². The molecule has 0 saturated carbocycles. The third kappa shape index (κ3) is 20.2. The standard InChI is InChI=1S/C7H8.3C6H6O.C6H14/c1-7-5-3-2-4-6-7;3*7-6-4-2-1-3-5-6;1-5(2)6(3)4/h2-6H,1H3;3*1-5,7H;5-6H,1-4H3. The molecule has 0 radical (unpaired) electrons. The van der Waals surface area contributed by atoms with Crippen LogP contribution in [0.4, 0.5) is 0 Å². The molecular weight excluding hydrogens is 420 g/mol. The van der Waals surface area contributed by atoms with Gasteiger partial charge in [0.15, 0.2) is 0 Å². The Bertz CT molecular complexity index is 767. The Morgan fingerprint density at radius 1 is 0.382 bits per heavy atom. The molecule has 0 aliphatic rings. The van der Waals surface area contributed by atoms with Gasteiger partial charge >= 0.3 is 0 Å². The van der Waals surface area contributed by atoms with Gasteiger partial charge in [-0.15, -0.1) is 0 Å². The zero-order chi connectivity index (χ0) is 25.6. The average Bonchev–Trinajstić information content (AvgIpc) is 2.83. The number of aryl methyl sites for hydroxylation is 1. The first-order chi connectivity index (χ1) is 16.2. The van der Waals surface area contributed by atoms with E-state index < -0.39 is 0 Å². The van der Waals surface area contributed by atoms with Crippen molar-refractivity contribution in [2.75, 3.05) is 0 Å². The molecule has 0 aliphatic carbocycles. The second-order valence-corrected chi connectivity index (χ2v) is 8.15. The van der Waals surface area contributed by atoms with Gasteiger partial charge in [0.25, 0.3) is 0 Å². The second-order valence-electron chi connectivity index (χ2n) is 8.15. The molecule has 182 valence electrons. The van der Waals surface area contributed by atoms with E-state index in [9.17, 15) is 0 Å². The van der Waals surface area contributed by atoms with Gasteiger partial charge in [0.1, 0.15) is 17.2 Å². The highest BCUT2D eigenvalue weighted by Crippen LogP contribution is 2.06. The van der Waals surface area contributed by atoms with Gasteiger partial charge in [-0.2, -0.15) is 0 Å². The molecule has 3 nitrogen and oxygen atoms in total. The number of aromatic hydroxyl groups is 3. The summed E-state index contributed by atoms with van der Waals surface area (Å²) in [5.74, 6) is 2.67. The molecular formula is C31H40O3. The van der Waals surface area contributed by atoms with Crippen LogP contribution < -0.4 is 0 Å². The van der Waals surface area contributed by atoms with E-state index >= 15 is 0 Å². The molecule has 0 saturated heterocycles. The summed E-state index contributed by atoms with van der Waals surface area (Å²) >= 11 is 0. The summed E-state index contributed by atoms with van der Waals surface area (Å²) < 4.78 is 0.